The number of methoxy groups -OCH3 is 1. The molecule has 24 heavy (non-hydrogen) atoms. The molecule has 0 aliphatic carbocycles. The number of pyridine rings is 1. The number of carbonyl (C=O) groups is 2. The highest BCUT2D eigenvalue weighted by Crippen LogP contribution is 2.33. The summed E-state index contributed by atoms with van der Waals surface area (Å²) in [6.07, 6.45) is 4.82. The highest BCUT2D eigenvalue weighted by Gasteiger charge is 2.33. The second-order valence-electron chi connectivity index (χ2n) is 5.63. The number of anilines is 1. The van der Waals surface area contributed by atoms with Crippen molar-refractivity contribution >= 4 is 17.5 Å². The average Bonchev–Trinajstić information content (AvgIpc) is 3.11. The van der Waals surface area contributed by atoms with Crippen LogP contribution in [0, 0.1) is 0 Å². The van der Waals surface area contributed by atoms with Gasteiger partial charge in [-0.25, -0.2) is 0 Å². The molecule has 1 atom stereocenters. The average molecular weight is 325 g/mol. The van der Waals surface area contributed by atoms with Crippen molar-refractivity contribution < 1.29 is 14.3 Å². The van der Waals surface area contributed by atoms with Crippen molar-refractivity contribution in [3.8, 4) is 5.75 Å². The Hall–Kier alpha value is -2.89. The number of nitrogens with zero attached hydrogens (tertiary/aromatic N) is 2. The zero-order valence-electron chi connectivity index (χ0n) is 13.4. The molecule has 1 aliphatic rings. The van der Waals surface area contributed by atoms with E-state index in [9.17, 15) is 9.59 Å². The fourth-order valence-electron chi connectivity index (χ4n) is 2.96. The number of hydrogen-bond donors (Lipinski definition) is 1. The molecule has 2 amide bonds. The van der Waals surface area contributed by atoms with E-state index in [1.165, 1.54) is 6.20 Å². The number of amides is 2. The molecule has 6 nitrogen and oxygen atoms in total. The number of benzene rings is 1. The van der Waals surface area contributed by atoms with E-state index in [4.69, 9.17) is 4.74 Å². The Labute approximate surface area is 140 Å². The zero-order chi connectivity index (χ0) is 16.9. The molecule has 1 fully saturated rings. The third-order valence-corrected chi connectivity index (χ3v) is 4.11. The maximum Gasteiger partial charge on any atom is 0.313 e. The van der Waals surface area contributed by atoms with Crippen molar-refractivity contribution in [1.29, 1.82) is 0 Å². The topological polar surface area (TPSA) is 71.5 Å². The molecule has 1 saturated heterocycles. The number of rotatable bonds is 3. The third kappa shape index (κ3) is 3.37. The first-order valence-electron chi connectivity index (χ1n) is 7.85. The van der Waals surface area contributed by atoms with Crippen LogP contribution in [0.3, 0.4) is 0 Å². The van der Waals surface area contributed by atoms with Crippen LogP contribution in [0.2, 0.25) is 0 Å². The summed E-state index contributed by atoms with van der Waals surface area (Å²) < 4.78 is 5.25. The van der Waals surface area contributed by atoms with Gasteiger partial charge in [0.1, 0.15) is 5.75 Å². The van der Waals surface area contributed by atoms with Gasteiger partial charge in [-0.1, -0.05) is 12.1 Å². The molecule has 1 N–H and O–H groups in total. The van der Waals surface area contributed by atoms with Gasteiger partial charge in [-0.05, 0) is 42.7 Å². The van der Waals surface area contributed by atoms with Crippen LogP contribution in [-0.2, 0) is 9.59 Å². The summed E-state index contributed by atoms with van der Waals surface area (Å²) in [5, 5.41) is 2.60. The fourth-order valence-corrected chi connectivity index (χ4v) is 2.96. The molecular formula is C18H19N3O3. The predicted octanol–water partition coefficient (Wildman–Crippen LogP) is 2.39. The summed E-state index contributed by atoms with van der Waals surface area (Å²) >= 11 is 0. The Balaban J connectivity index is 1.74. The third-order valence-electron chi connectivity index (χ3n) is 4.11. The first-order chi connectivity index (χ1) is 11.7. The molecule has 1 aromatic carbocycles. The molecule has 1 aromatic heterocycles. The van der Waals surface area contributed by atoms with E-state index < -0.39 is 11.8 Å². The van der Waals surface area contributed by atoms with Crippen LogP contribution in [0.25, 0.3) is 0 Å². The first kappa shape index (κ1) is 16.0. The van der Waals surface area contributed by atoms with Crippen LogP contribution in [0.1, 0.15) is 24.4 Å². The van der Waals surface area contributed by atoms with Crippen molar-refractivity contribution in [3.05, 3.63) is 54.4 Å². The largest absolute Gasteiger partial charge is 0.497 e. The van der Waals surface area contributed by atoms with Crippen LogP contribution in [0.15, 0.2) is 48.8 Å². The highest BCUT2D eigenvalue weighted by atomic mass is 16.5. The minimum atomic E-state index is -0.641. The Morgan fingerprint density at radius 2 is 2.17 bits per heavy atom. The van der Waals surface area contributed by atoms with Gasteiger partial charge in [-0.2, -0.15) is 0 Å². The monoisotopic (exact) mass is 325 g/mol. The summed E-state index contributed by atoms with van der Waals surface area (Å²) in [5.41, 5.74) is 1.49. The molecule has 1 aliphatic heterocycles. The molecular weight excluding hydrogens is 306 g/mol. The standard InChI is InChI=1S/C18H19N3O3/c1-24-15-7-2-5-13(11-15)16-8-4-10-21(16)18(23)17(22)20-14-6-3-9-19-12-14/h2-3,5-7,9,11-12,16H,4,8,10H2,1H3,(H,20,22)/t16-/m0/s1. The Kier molecular flexibility index (Phi) is 4.74. The number of nitrogens with one attached hydrogen (secondary N) is 1. The quantitative estimate of drug-likeness (QED) is 0.880. The van der Waals surface area contributed by atoms with E-state index in [1.807, 2.05) is 24.3 Å². The lowest BCUT2D eigenvalue weighted by molar-refractivity contribution is -0.143. The summed E-state index contributed by atoms with van der Waals surface area (Å²) in [5.74, 6) is -0.423. The van der Waals surface area contributed by atoms with Gasteiger partial charge >= 0.3 is 11.8 Å². The van der Waals surface area contributed by atoms with Gasteiger partial charge in [0.25, 0.3) is 0 Å². The molecule has 3 rings (SSSR count). The summed E-state index contributed by atoms with van der Waals surface area (Å²) in [4.78, 5) is 30.3. The van der Waals surface area contributed by atoms with E-state index in [1.54, 1.807) is 30.3 Å². The van der Waals surface area contributed by atoms with Crippen molar-refractivity contribution in [2.24, 2.45) is 0 Å². The van der Waals surface area contributed by atoms with Gasteiger partial charge in [-0.3, -0.25) is 14.6 Å². The van der Waals surface area contributed by atoms with Gasteiger partial charge in [0, 0.05) is 12.7 Å². The van der Waals surface area contributed by atoms with Crippen LogP contribution in [0.5, 0.6) is 5.75 Å². The SMILES string of the molecule is COc1cccc([C@@H]2CCCN2C(=O)C(=O)Nc2cccnc2)c1. The minimum absolute atomic E-state index is 0.104. The summed E-state index contributed by atoms with van der Waals surface area (Å²) in [6.45, 7) is 0.571. The number of carbonyl (C=O) groups excluding carboxylic acids is 2. The first-order valence-corrected chi connectivity index (χ1v) is 7.85. The van der Waals surface area contributed by atoms with Crippen LogP contribution >= 0.6 is 0 Å². The smallest absolute Gasteiger partial charge is 0.313 e. The van der Waals surface area contributed by atoms with Crippen molar-refractivity contribution in [3.63, 3.8) is 0 Å². The number of likely N-dealkylation sites (tertiary alicyclic amines) is 1. The lowest BCUT2D eigenvalue weighted by atomic mass is 10.0. The minimum Gasteiger partial charge on any atom is -0.497 e. The molecule has 0 bridgehead atoms. The van der Waals surface area contributed by atoms with Crippen LogP contribution in [0.4, 0.5) is 5.69 Å². The second kappa shape index (κ2) is 7.12. The highest BCUT2D eigenvalue weighted by molar-refractivity contribution is 6.39. The lowest BCUT2D eigenvalue weighted by Crippen LogP contribution is -2.39. The number of ether oxygens (including phenoxy) is 1. The fraction of sp³-hybridized carbons (Fsp3) is 0.278. The normalized spacial score (nSPS) is 16.7. The van der Waals surface area contributed by atoms with Gasteiger partial charge < -0.3 is 15.0 Å². The Morgan fingerprint density at radius 3 is 2.92 bits per heavy atom. The number of aromatic nitrogens is 1. The van der Waals surface area contributed by atoms with Crippen LogP contribution < -0.4 is 10.1 Å². The van der Waals surface area contributed by atoms with Gasteiger partial charge in [-0.15, -0.1) is 0 Å². The van der Waals surface area contributed by atoms with Crippen molar-refractivity contribution in [2.75, 3.05) is 19.0 Å². The number of hydrogen-bond acceptors (Lipinski definition) is 4. The van der Waals surface area contributed by atoms with Crippen molar-refractivity contribution in [2.45, 2.75) is 18.9 Å². The lowest BCUT2D eigenvalue weighted by Gasteiger charge is -2.24. The molecule has 124 valence electrons. The van der Waals surface area contributed by atoms with E-state index in [0.29, 0.717) is 12.2 Å². The van der Waals surface area contributed by atoms with Gasteiger partial charge in [0.2, 0.25) is 0 Å². The predicted molar refractivity (Wildman–Crippen MR) is 89.5 cm³/mol. The van der Waals surface area contributed by atoms with E-state index in [-0.39, 0.29) is 6.04 Å². The molecule has 0 radical (unpaired) electrons. The molecule has 0 saturated carbocycles. The van der Waals surface area contributed by atoms with E-state index >= 15 is 0 Å². The van der Waals surface area contributed by atoms with Gasteiger partial charge in [0.05, 0.1) is 25.0 Å². The molecule has 0 spiro atoms. The molecule has 0 unspecified atom stereocenters. The van der Waals surface area contributed by atoms with E-state index in [2.05, 4.69) is 10.3 Å². The molecule has 6 heteroatoms. The molecule has 2 heterocycles. The Morgan fingerprint density at radius 1 is 1.29 bits per heavy atom. The second-order valence-corrected chi connectivity index (χ2v) is 5.63. The van der Waals surface area contributed by atoms with E-state index in [0.717, 1.165) is 24.2 Å². The maximum absolute atomic E-state index is 12.6. The molecule has 2 aromatic rings. The van der Waals surface area contributed by atoms with Gasteiger partial charge in [0.15, 0.2) is 0 Å². The van der Waals surface area contributed by atoms with Crippen molar-refractivity contribution in [1.82, 2.24) is 9.88 Å². The zero-order valence-corrected chi connectivity index (χ0v) is 13.4. The Bertz CT molecular complexity index is 733. The maximum atomic E-state index is 12.6. The van der Waals surface area contributed by atoms with Crippen LogP contribution in [-0.4, -0.2) is 35.4 Å². The summed E-state index contributed by atoms with van der Waals surface area (Å²) in [7, 11) is 1.61. The summed E-state index contributed by atoms with van der Waals surface area (Å²) in [6, 6.07) is 10.9.